The number of hydrogen-bond donors (Lipinski definition) is 1. The van der Waals surface area contributed by atoms with Gasteiger partial charge in [0.05, 0.1) is 22.2 Å². The third-order valence-corrected chi connectivity index (χ3v) is 6.72. The molecule has 0 bridgehead atoms. The number of thiazole rings is 1. The molecular formula is C21H25N3O2S. The van der Waals surface area contributed by atoms with Crippen molar-refractivity contribution in [3.63, 3.8) is 0 Å². The largest absolute Gasteiger partial charge is 0.338 e. The third-order valence-electron chi connectivity index (χ3n) is 5.90. The fraction of sp³-hybridized carbons (Fsp3) is 0.476. The quantitative estimate of drug-likeness (QED) is 0.857. The summed E-state index contributed by atoms with van der Waals surface area (Å²) in [6, 6.07) is 7.86. The number of anilines is 1. The van der Waals surface area contributed by atoms with Gasteiger partial charge in [0.2, 0.25) is 11.8 Å². The number of carbonyl (C=O) groups is 2. The summed E-state index contributed by atoms with van der Waals surface area (Å²) < 4.78 is 0. The molecule has 0 radical (unpaired) electrons. The van der Waals surface area contributed by atoms with Gasteiger partial charge < -0.3 is 10.2 Å². The van der Waals surface area contributed by atoms with Crippen molar-refractivity contribution in [3.05, 3.63) is 45.9 Å². The van der Waals surface area contributed by atoms with Crippen LogP contribution in [0.2, 0.25) is 0 Å². The van der Waals surface area contributed by atoms with E-state index in [1.54, 1.807) is 11.3 Å². The van der Waals surface area contributed by atoms with Gasteiger partial charge in [0, 0.05) is 24.0 Å². The van der Waals surface area contributed by atoms with Crippen LogP contribution >= 0.6 is 11.3 Å². The van der Waals surface area contributed by atoms with Crippen molar-refractivity contribution in [1.29, 1.82) is 0 Å². The molecular weight excluding hydrogens is 358 g/mol. The number of fused-ring (bicyclic) bond motifs is 2. The molecule has 3 heterocycles. The maximum atomic E-state index is 13.0. The van der Waals surface area contributed by atoms with Crippen molar-refractivity contribution in [3.8, 4) is 0 Å². The van der Waals surface area contributed by atoms with Crippen molar-refractivity contribution >= 4 is 28.8 Å². The molecule has 2 aliphatic heterocycles. The lowest BCUT2D eigenvalue weighted by Gasteiger charge is -2.34. The number of nitrogens with zero attached hydrogens (tertiary/aromatic N) is 2. The highest BCUT2D eigenvalue weighted by Crippen LogP contribution is 2.49. The number of nitrogens with one attached hydrogen (secondary N) is 1. The van der Waals surface area contributed by atoms with Gasteiger partial charge in [0.25, 0.3) is 0 Å². The molecule has 2 atom stereocenters. The molecule has 2 amide bonds. The minimum absolute atomic E-state index is 0.0487. The standard InChI is InChI=1S/C21H25N3O2S/c1-3-6-18-21(16-7-4-5-8-17(16)23-20(21)26)11-12-24(18)19(25)10-9-15-13-27-14(2)22-15/h4-5,7-8,13,18H,3,6,9-12H2,1-2H3,(H,23,26)/t18-,21+/m0/s1. The number of hydrogen-bond acceptors (Lipinski definition) is 4. The molecule has 2 aliphatic rings. The van der Waals surface area contributed by atoms with E-state index in [0.29, 0.717) is 25.8 Å². The zero-order valence-electron chi connectivity index (χ0n) is 15.8. The van der Waals surface area contributed by atoms with Crippen LogP contribution in [0.5, 0.6) is 0 Å². The van der Waals surface area contributed by atoms with Crippen molar-refractivity contribution in [2.24, 2.45) is 0 Å². The summed E-state index contributed by atoms with van der Waals surface area (Å²) in [5, 5.41) is 6.11. The summed E-state index contributed by atoms with van der Waals surface area (Å²) in [6.45, 7) is 4.74. The molecule has 1 fully saturated rings. The first-order chi connectivity index (χ1) is 13.1. The zero-order valence-corrected chi connectivity index (χ0v) is 16.6. The lowest BCUT2D eigenvalue weighted by Crippen LogP contribution is -2.48. The van der Waals surface area contributed by atoms with Crippen molar-refractivity contribution in [2.45, 2.75) is 57.4 Å². The Morgan fingerprint density at radius 1 is 1.41 bits per heavy atom. The van der Waals surface area contributed by atoms with Gasteiger partial charge in [-0.3, -0.25) is 9.59 Å². The lowest BCUT2D eigenvalue weighted by atomic mass is 9.73. The average Bonchev–Trinajstić information content (AvgIpc) is 3.32. The zero-order chi connectivity index (χ0) is 19.0. The minimum atomic E-state index is -0.598. The van der Waals surface area contributed by atoms with Crippen LogP contribution < -0.4 is 5.32 Å². The number of benzene rings is 1. The number of aryl methyl sites for hydroxylation is 2. The van der Waals surface area contributed by atoms with E-state index < -0.39 is 5.41 Å². The SMILES string of the molecule is CCC[C@@H]1N(C(=O)CCc2csc(C)n2)CC[C@]12C(=O)Nc1ccccc12. The van der Waals surface area contributed by atoms with Crippen LogP contribution in [0, 0.1) is 6.92 Å². The maximum absolute atomic E-state index is 13.0. The van der Waals surface area contributed by atoms with Gasteiger partial charge in [-0.1, -0.05) is 31.5 Å². The molecule has 6 heteroatoms. The monoisotopic (exact) mass is 383 g/mol. The highest BCUT2D eigenvalue weighted by Gasteiger charge is 2.58. The van der Waals surface area contributed by atoms with Crippen molar-refractivity contribution in [1.82, 2.24) is 9.88 Å². The van der Waals surface area contributed by atoms with Gasteiger partial charge >= 0.3 is 0 Å². The van der Waals surface area contributed by atoms with Gasteiger partial charge in [-0.15, -0.1) is 11.3 Å². The number of likely N-dealkylation sites (tertiary alicyclic amines) is 1. The summed E-state index contributed by atoms with van der Waals surface area (Å²) in [7, 11) is 0. The van der Waals surface area contributed by atoms with Crippen LogP contribution in [0.15, 0.2) is 29.6 Å². The van der Waals surface area contributed by atoms with Gasteiger partial charge in [-0.25, -0.2) is 4.98 Å². The van der Waals surface area contributed by atoms with Crippen molar-refractivity contribution in [2.75, 3.05) is 11.9 Å². The van der Waals surface area contributed by atoms with Crippen LogP contribution in [-0.2, 0) is 21.4 Å². The summed E-state index contributed by atoms with van der Waals surface area (Å²) in [4.78, 5) is 32.5. The predicted octanol–water partition coefficient (Wildman–Crippen LogP) is 3.68. The van der Waals surface area contributed by atoms with Gasteiger partial charge in [0.15, 0.2) is 0 Å². The predicted molar refractivity (Wildman–Crippen MR) is 107 cm³/mol. The van der Waals surface area contributed by atoms with Crippen LogP contribution in [0.3, 0.4) is 0 Å². The fourth-order valence-corrected chi connectivity index (χ4v) is 5.32. The molecule has 142 valence electrons. The average molecular weight is 384 g/mol. The Balaban J connectivity index is 1.58. The van der Waals surface area contributed by atoms with E-state index in [1.165, 1.54) is 0 Å². The second-order valence-electron chi connectivity index (χ2n) is 7.47. The number of carbonyl (C=O) groups excluding carboxylic acids is 2. The number of rotatable bonds is 5. The first-order valence-corrected chi connectivity index (χ1v) is 10.6. The number of amides is 2. The highest BCUT2D eigenvalue weighted by molar-refractivity contribution is 7.09. The van der Waals surface area contributed by atoms with Crippen molar-refractivity contribution < 1.29 is 9.59 Å². The van der Waals surface area contributed by atoms with Crippen LogP contribution in [0.1, 0.15) is 48.9 Å². The molecule has 0 aliphatic carbocycles. The number of aromatic nitrogens is 1. The Morgan fingerprint density at radius 3 is 2.96 bits per heavy atom. The Labute approximate surface area is 163 Å². The van der Waals surface area contributed by atoms with Gasteiger partial charge in [-0.2, -0.15) is 0 Å². The van der Waals surface area contributed by atoms with E-state index in [0.717, 1.165) is 34.8 Å². The minimum Gasteiger partial charge on any atom is -0.338 e. The van der Waals surface area contributed by atoms with E-state index in [4.69, 9.17) is 0 Å². The first-order valence-electron chi connectivity index (χ1n) is 9.67. The van der Waals surface area contributed by atoms with E-state index >= 15 is 0 Å². The molecule has 2 aromatic rings. The smallest absolute Gasteiger partial charge is 0.237 e. The van der Waals surface area contributed by atoms with Gasteiger partial charge in [0.1, 0.15) is 0 Å². The van der Waals surface area contributed by atoms with E-state index in [9.17, 15) is 9.59 Å². The molecule has 1 aromatic heterocycles. The molecule has 4 rings (SSSR count). The highest BCUT2D eigenvalue weighted by atomic mass is 32.1. The normalized spacial score (nSPS) is 23.7. The van der Waals surface area contributed by atoms with Gasteiger partial charge in [-0.05, 0) is 37.8 Å². The topological polar surface area (TPSA) is 62.3 Å². The summed E-state index contributed by atoms with van der Waals surface area (Å²) in [6.07, 6.45) is 3.58. The number of para-hydroxylation sites is 1. The molecule has 0 unspecified atom stereocenters. The van der Waals surface area contributed by atoms with Crippen LogP contribution in [-0.4, -0.2) is 34.3 Å². The van der Waals surface area contributed by atoms with Crippen LogP contribution in [0.4, 0.5) is 5.69 Å². The second-order valence-corrected chi connectivity index (χ2v) is 8.53. The van der Waals surface area contributed by atoms with Crippen LogP contribution in [0.25, 0.3) is 0 Å². The lowest BCUT2D eigenvalue weighted by molar-refractivity contribution is -0.133. The van der Waals surface area contributed by atoms with E-state index in [1.807, 2.05) is 41.5 Å². The molecule has 5 nitrogen and oxygen atoms in total. The molecule has 1 aromatic carbocycles. The molecule has 0 saturated carbocycles. The fourth-order valence-electron chi connectivity index (χ4n) is 4.68. The van der Waals surface area contributed by atoms with E-state index in [2.05, 4.69) is 17.2 Å². The summed E-state index contributed by atoms with van der Waals surface area (Å²) in [5.74, 6) is 0.181. The third kappa shape index (κ3) is 2.96. The second kappa shape index (κ2) is 7.08. The Hall–Kier alpha value is -2.21. The Kier molecular flexibility index (Phi) is 4.76. The molecule has 27 heavy (non-hydrogen) atoms. The Bertz CT molecular complexity index is 878. The maximum Gasteiger partial charge on any atom is 0.237 e. The molecule has 1 N–H and O–H groups in total. The molecule has 1 saturated heterocycles. The Morgan fingerprint density at radius 2 is 2.22 bits per heavy atom. The summed E-state index contributed by atoms with van der Waals surface area (Å²) in [5.41, 5.74) is 2.34. The molecule has 1 spiro atoms. The van der Waals surface area contributed by atoms with E-state index in [-0.39, 0.29) is 17.9 Å². The first kappa shape index (κ1) is 18.2. The summed E-state index contributed by atoms with van der Waals surface area (Å²) >= 11 is 1.62.